The summed E-state index contributed by atoms with van der Waals surface area (Å²) < 4.78 is 10.7. The molecule has 1 N–H and O–H groups in total. The number of halogens is 1. The Balaban J connectivity index is 1.93. The minimum Gasteiger partial charge on any atom is -0.482 e. The van der Waals surface area contributed by atoms with Crippen LogP contribution in [0.3, 0.4) is 0 Å². The highest BCUT2D eigenvalue weighted by atomic mass is 35.5. The van der Waals surface area contributed by atoms with Crippen LogP contribution in [0, 0.1) is 0 Å². The molecule has 0 fully saturated rings. The summed E-state index contributed by atoms with van der Waals surface area (Å²) in [6.07, 6.45) is 1.13. The second-order valence-corrected chi connectivity index (χ2v) is 4.49. The summed E-state index contributed by atoms with van der Waals surface area (Å²) in [4.78, 5) is 0. The first-order valence-electron chi connectivity index (χ1n) is 5.84. The lowest BCUT2D eigenvalue weighted by molar-refractivity contribution is 0.217. The number of nitrogens with one attached hydrogen (secondary N) is 1. The SMILES string of the molecule is CC(Oc1ccc(Cl)cc1-c1ccon1)c1nn[nH]n1. The van der Waals surface area contributed by atoms with Crippen LogP contribution in [0.15, 0.2) is 35.1 Å². The Bertz CT molecular complexity index is 684. The number of hydrogen-bond donors (Lipinski definition) is 1. The molecule has 102 valence electrons. The Morgan fingerprint density at radius 1 is 1.35 bits per heavy atom. The van der Waals surface area contributed by atoms with E-state index in [1.54, 1.807) is 24.3 Å². The number of ether oxygens (including phenoxy) is 1. The average Bonchev–Trinajstić information content (AvgIpc) is 3.13. The van der Waals surface area contributed by atoms with E-state index in [9.17, 15) is 0 Å². The van der Waals surface area contributed by atoms with E-state index < -0.39 is 0 Å². The topological polar surface area (TPSA) is 89.7 Å². The Kier molecular flexibility index (Phi) is 3.34. The van der Waals surface area contributed by atoms with Crippen molar-refractivity contribution in [2.45, 2.75) is 13.0 Å². The molecule has 0 saturated heterocycles. The third-order valence-corrected chi connectivity index (χ3v) is 2.92. The fourth-order valence-corrected chi connectivity index (χ4v) is 1.91. The van der Waals surface area contributed by atoms with E-state index in [0.717, 1.165) is 5.56 Å². The zero-order valence-corrected chi connectivity index (χ0v) is 11.2. The summed E-state index contributed by atoms with van der Waals surface area (Å²) >= 11 is 6.02. The molecule has 0 aliphatic rings. The van der Waals surface area contributed by atoms with Gasteiger partial charge >= 0.3 is 0 Å². The number of aromatic amines is 1. The Morgan fingerprint density at radius 2 is 2.25 bits per heavy atom. The first-order valence-corrected chi connectivity index (χ1v) is 6.22. The average molecular weight is 292 g/mol. The van der Waals surface area contributed by atoms with Crippen LogP contribution in [0.4, 0.5) is 0 Å². The highest BCUT2D eigenvalue weighted by Gasteiger charge is 2.16. The van der Waals surface area contributed by atoms with E-state index in [4.69, 9.17) is 20.9 Å². The van der Waals surface area contributed by atoms with Gasteiger partial charge in [-0.15, -0.1) is 10.2 Å². The number of tetrazole rings is 1. The molecule has 0 bridgehead atoms. The fraction of sp³-hybridized carbons (Fsp3) is 0.167. The van der Waals surface area contributed by atoms with E-state index >= 15 is 0 Å². The van der Waals surface area contributed by atoms with Crippen LogP contribution in [0.1, 0.15) is 18.9 Å². The van der Waals surface area contributed by atoms with Crippen LogP contribution in [0.2, 0.25) is 5.02 Å². The summed E-state index contributed by atoms with van der Waals surface area (Å²) in [5.74, 6) is 1.08. The number of aromatic nitrogens is 5. The molecule has 0 radical (unpaired) electrons. The highest BCUT2D eigenvalue weighted by Crippen LogP contribution is 2.33. The van der Waals surface area contributed by atoms with E-state index in [1.165, 1.54) is 6.26 Å². The van der Waals surface area contributed by atoms with Crippen molar-refractivity contribution in [3.8, 4) is 17.0 Å². The van der Waals surface area contributed by atoms with Gasteiger partial charge in [0.1, 0.15) is 17.7 Å². The van der Waals surface area contributed by atoms with Crippen molar-refractivity contribution in [3.63, 3.8) is 0 Å². The van der Waals surface area contributed by atoms with Crippen LogP contribution < -0.4 is 4.74 Å². The molecule has 1 atom stereocenters. The predicted octanol–water partition coefficient (Wildman–Crippen LogP) is 2.65. The van der Waals surface area contributed by atoms with Gasteiger partial charge in [-0.05, 0) is 25.1 Å². The van der Waals surface area contributed by atoms with Crippen molar-refractivity contribution in [2.75, 3.05) is 0 Å². The molecular formula is C12H10ClN5O2. The third kappa shape index (κ3) is 2.48. The monoisotopic (exact) mass is 291 g/mol. The first-order chi connectivity index (χ1) is 9.74. The molecule has 3 rings (SSSR count). The molecule has 3 aromatic rings. The zero-order valence-electron chi connectivity index (χ0n) is 10.4. The van der Waals surface area contributed by atoms with Gasteiger partial charge in [0.15, 0.2) is 6.10 Å². The second kappa shape index (κ2) is 5.30. The van der Waals surface area contributed by atoms with Crippen LogP contribution in [0.5, 0.6) is 5.75 Å². The van der Waals surface area contributed by atoms with Gasteiger partial charge in [0.25, 0.3) is 0 Å². The van der Waals surface area contributed by atoms with Crippen LogP contribution in [-0.4, -0.2) is 25.8 Å². The summed E-state index contributed by atoms with van der Waals surface area (Å²) in [5, 5.41) is 18.2. The lowest BCUT2D eigenvalue weighted by Crippen LogP contribution is -2.06. The van der Waals surface area contributed by atoms with Gasteiger partial charge in [0.05, 0.1) is 0 Å². The summed E-state index contributed by atoms with van der Waals surface area (Å²) in [6, 6.07) is 7.00. The van der Waals surface area contributed by atoms with Gasteiger partial charge in [-0.1, -0.05) is 22.0 Å². The molecule has 0 saturated carbocycles. The van der Waals surface area contributed by atoms with E-state index in [-0.39, 0.29) is 6.10 Å². The summed E-state index contributed by atoms with van der Waals surface area (Å²) in [6.45, 7) is 1.83. The number of benzene rings is 1. The van der Waals surface area contributed by atoms with Gasteiger partial charge in [-0.25, -0.2) is 0 Å². The Morgan fingerprint density at radius 3 is 2.95 bits per heavy atom. The number of hydrogen-bond acceptors (Lipinski definition) is 6. The number of rotatable bonds is 4. The smallest absolute Gasteiger partial charge is 0.214 e. The zero-order chi connectivity index (χ0) is 13.9. The number of nitrogens with zero attached hydrogens (tertiary/aromatic N) is 4. The van der Waals surface area contributed by atoms with Gasteiger partial charge in [-0.3, -0.25) is 0 Å². The maximum absolute atomic E-state index is 6.02. The molecule has 8 heteroatoms. The van der Waals surface area contributed by atoms with E-state index in [2.05, 4.69) is 25.8 Å². The Labute approximate surface area is 118 Å². The minimum absolute atomic E-state index is 0.361. The lowest BCUT2D eigenvalue weighted by atomic mass is 10.1. The molecule has 7 nitrogen and oxygen atoms in total. The molecule has 0 spiro atoms. The van der Waals surface area contributed by atoms with Gasteiger partial charge in [0, 0.05) is 16.7 Å². The fourth-order valence-electron chi connectivity index (χ4n) is 1.74. The van der Waals surface area contributed by atoms with Crippen molar-refractivity contribution in [2.24, 2.45) is 0 Å². The van der Waals surface area contributed by atoms with E-state index in [1.807, 2.05) is 6.92 Å². The molecular weight excluding hydrogens is 282 g/mol. The first kappa shape index (κ1) is 12.6. The molecule has 0 aliphatic carbocycles. The van der Waals surface area contributed by atoms with Crippen molar-refractivity contribution >= 4 is 11.6 Å². The maximum atomic E-state index is 6.02. The molecule has 0 amide bonds. The third-order valence-electron chi connectivity index (χ3n) is 2.68. The van der Waals surface area contributed by atoms with Crippen LogP contribution in [-0.2, 0) is 0 Å². The van der Waals surface area contributed by atoms with Gasteiger partial charge < -0.3 is 9.26 Å². The largest absolute Gasteiger partial charge is 0.482 e. The molecule has 1 unspecified atom stereocenters. The van der Waals surface area contributed by atoms with Crippen molar-refractivity contribution in [1.29, 1.82) is 0 Å². The summed E-state index contributed by atoms with van der Waals surface area (Å²) in [5.41, 5.74) is 1.38. The minimum atomic E-state index is -0.361. The Hall–Kier alpha value is -2.41. The quantitative estimate of drug-likeness (QED) is 0.795. The predicted molar refractivity (Wildman–Crippen MR) is 70.2 cm³/mol. The molecule has 2 heterocycles. The normalized spacial score (nSPS) is 12.3. The number of H-pyrrole nitrogens is 1. The van der Waals surface area contributed by atoms with E-state index in [0.29, 0.717) is 22.3 Å². The van der Waals surface area contributed by atoms with Crippen molar-refractivity contribution in [3.05, 3.63) is 41.4 Å². The standard InChI is InChI=1S/C12H10ClN5O2/c1-7(12-14-17-18-15-12)20-11-3-2-8(13)6-9(11)10-4-5-19-16-10/h2-7H,1H3,(H,14,15,17,18). The van der Waals surface area contributed by atoms with Crippen molar-refractivity contribution < 1.29 is 9.26 Å². The van der Waals surface area contributed by atoms with Crippen molar-refractivity contribution in [1.82, 2.24) is 25.8 Å². The lowest BCUT2D eigenvalue weighted by Gasteiger charge is -2.14. The molecule has 0 aliphatic heterocycles. The molecule has 20 heavy (non-hydrogen) atoms. The maximum Gasteiger partial charge on any atom is 0.214 e. The van der Waals surface area contributed by atoms with Gasteiger partial charge in [0.2, 0.25) is 5.82 Å². The molecule has 2 aromatic heterocycles. The van der Waals surface area contributed by atoms with Crippen LogP contribution in [0.25, 0.3) is 11.3 Å². The van der Waals surface area contributed by atoms with Crippen LogP contribution >= 0.6 is 11.6 Å². The highest BCUT2D eigenvalue weighted by molar-refractivity contribution is 6.30. The summed E-state index contributed by atoms with van der Waals surface area (Å²) in [7, 11) is 0. The van der Waals surface area contributed by atoms with Gasteiger partial charge in [-0.2, -0.15) is 5.21 Å². The molecule has 1 aromatic carbocycles. The second-order valence-electron chi connectivity index (χ2n) is 4.06.